The fraction of sp³-hybridized carbons (Fsp3) is 1.00. The van der Waals surface area contributed by atoms with Crippen LogP contribution in [0.4, 0.5) is 0 Å². The highest BCUT2D eigenvalue weighted by Crippen LogP contribution is 2.14. The van der Waals surface area contributed by atoms with Crippen molar-refractivity contribution in [2.75, 3.05) is 47.8 Å². The van der Waals surface area contributed by atoms with E-state index in [2.05, 4.69) is 11.9 Å². The van der Waals surface area contributed by atoms with Gasteiger partial charge in [0.15, 0.2) is 0 Å². The van der Waals surface area contributed by atoms with Gasteiger partial charge in [-0.05, 0) is 44.6 Å². The molecule has 0 heterocycles. The van der Waals surface area contributed by atoms with Gasteiger partial charge in [-0.15, -0.1) is 0 Å². The normalized spacial score (nSPS) is 12.9. The van der Waals surface area contributed by atoms with Gasteiger partial charge in [-0.25, -0.2) is 0 Å². The average Bonchev–Trinajstić information content (AvgIpc) is 2.50. The maximum absolute atomic E-state index is 9.33. The molecule has 0 atom stereocenters. The molecule has 0 saturated carbocycles. The number of aliphatic hydroxyl groups is 1. The Labute approximate surface area is 125 Å². The van der Waals surface area contributed by atoms with Crippen LogP contribution in [0.25, 0.3) is 0 Å². The zero-order chi connectivity index (χ0) is 15.5. The molecule has 0 aliphatic rings. The summed E-state index contributed by atoms with van der Waals surface area (Å²) in [5.41, 5.74) is 0. The SMILES string of the molecule is CO[Si](C)(CCCNCCC[Si](CO)(OC)OC)OC. The van der Waals surface area contributed by atoms with E-state index in [1.54, 1.807) is 28.4 Å². The summed E-state index contributed by atoms with van der Waals surface area (Å²) >= 11 is 0. The number of rotatable bonds is 13. The van der Waals surface area contributed by atoms with E-state index in [0.29, 0.717) is 0 Å². The summed E-state index contributed by atoms with van der Waals surface area (Å²) in [6.45, 7) is 3.92. The van der Waals surface area contributed by atoms with Crippen LogP contribution in [0.2, 0.25) is 18.6 Å². The van der Waals surface area contributed by atoms with Gasteiger partial charge < -0.3 is 28.1 Å². The van der Waals surface area contributed by atoms with E-state index in [4.69, 9.17) is 17.7 Å². The maximum atomic E-state index is 9.33. The lowest BCUT2D eigenvalue weighted by molar-refractivity contribution is 0.196. The first-order valence-electron chi connectivity index (χ1n) is 7.03. The summed E-state index contributed by atoms with van der Waals surface area (Å²) in [5, 5.41) is 12.7. The van der Waals surface area contributed by atoms with Gasteiger partial charge in [0.05, 0.1) is 6.23 Å². The highest BCUT2D eigenvalue weighted by molar-refractivity contribution is 6.67. The predicted octanol–water partition coefficient (Wildman–Crippen LogP) is 0.988. The van der Waals surface area contributed by atoms with Crippen molar-refractivity contribution < 1.29 is 22.8 Å². The Morgan fingerprint density at radius 3 is 1.75 bits per heavy atom. The van der Waals surface area contributed by atoms with Crippen molar-refractivity contribution in [3.05, 3.63) is 0 Å². The van der Waals surface area contributed by atoms with Gasteiger partial charge in [0.25, 0.3) is 0 Å². The van der Waals surface area contributed by atoms with Gasteiger partial charge in [0, 0.05) is 28.4 Å². The van der Waals surface area contributed by atoms with Crippen LogP contribution >= 0.6 is 0 Å². The van der Waals surface area contributed by atoms with Crippen LogP contribution in [0, 0.1) is 0 Å². The van der Waals surface area contributed by atoms with Gasteiger partial charge in [-0.2, -0.15) is 0 Å². The molecule has 0 saturated heterocycles. The highest BCUT2D eigenvalue weighted by atomic mass is 28.4. The maximum Gasteiger partial charge on any atom is 0.364 e. The Morgan fingerprint density at radius 2 is 1.35 bits per heavy atom. The largest absolute Gasteiger partial charge is 0.398 e. The molecule has 0 aromatic carbocycles. The first-order chi connectivity index (χ1) is 9.51. The summed E-state index contributed by atoms with van der Waals surface area (Å²) < 4.78 is 21.6. The van der Waals surface area contributed by atoms with E-state index in [1.807, 2.05) is 0 Å². The van der Waals surface area contributed by atoms with Crippen molar-refractivity contribution in [2.24, 2.45) is 0 Å². The van der Waals surface area contributed by atoms with Crippen LogP contribution in [0.3, 0.4) is 0 Å². The molecule has 6 nitrogen and oxygen atoms in total. The Bertz CT molecular complexity index is 230. The molecule has 0 aromatic rings. The van der Waals surface area contributed by atoms with Crippen LogP contribution in [0.5, 0.6) is 0 Å². The van der Waals surface area contributed by atoms with Crippen LogP contribution in [0.15, 0.2) is 0 Å². The molecule has 0 unspecified atom stereocenters. The third-order valence-electron chi connectivity index (χ3n) is 3.74. The van der Waals surface area contributed by atoms with E-state index in [0.717, 1.165) is 38.0 Å². The van der Waals surface area contributed by atoms with Crippen LogP contribution in [-0.4, -0.2) is 70.0 Å². The average molecular weight is 326 g/mol. The van der Waals surface area contributed by atoms with Gasteiger partial charge >= 0.3 is 17.1 Å². The zero-order valence-electron chi connectivity index (χ0n) is 13.5. The predicted molar refractivity (Wildman–Crippen MR) is 84.2 cm³/mol. The second kappa shape index (κ2) is 10.9. The van der Waals surface area contributed by atoms with Gasteiger partial charge in [0.2, 0.25) is 0 Å². The quantitative estimate of drug-likeness (QED) is 0.389. The topological polar surface area (TPSA) is 69.2 Å². The molecule has 122 valence electrons. The lowest BCUT2D eigenvalue weighted by atomic mass is 10.4. The van der Waals surface area contributed by atoms with E-state index in [1.165, 1.54) is 0 Å². The van der Waals surface area contributed by atoms with Crippen molar-refractivity contribution in [2.45, 2.75) is 31.5 Å². The molecule has 0 aliphatic carbocycles. The Balaban J connectivity index is 3.68. The Kier molecular flexibility index (Phi) is 11.0. The number of aliphatic hydroxyl groups excluding tert-OH is 1. The molecular formula is C12H31NO5Si2. The van der Waals surface area contributed by atoms with E-state index >= 15 is 0 Å². The van der Waals surface area contributed by atoms with Crippen molar-refractivity contribution in [1.29, 1.82) is 0 Å². The van der Waals surface area contributed by atoms with Crippen LogP contribution < -0.4 is 5.32 Å². The van der Waals surface area contributed by atoms with E-state index < -0.39 is 17.1 Å². The monoisotopic (exact) mass is 325 g/mol. The van der Waals surface area contributed by atoms with Gasteiger partial charge in [0.1, 0.15) is 0 Å². The standard InChI is InChI=1S/C12H31NO5Si2/c1-15-19(5,16-2)10-6-8-13-9-7-11-20(12-14,17-3)18-4/h13-14H,6-12H2,1-5H3. The first kappa shape index (κ1) is 20.2. The molecule has 8 heteroatoms. The van der Waals surface area contributed by atoms with E-state index in [9.17, 15) is 5.11 Å². The second-order valence-electron chi connectivity index (χ2n) is 4.98. The van der Waals surface area contributed by atoms with Gasteiger partial charge in [-0.3, -0.25) is 0 Å². The van der Waals surface area contributed by atoms with E-state index in [-0.39, 0.29) is 6.23 Å². The summed E-state index contributed by atoms with van der Waals surface area (Å²) in [6, 6.07) is 1.78. The molecule has 0 aromatic heterocycles. The molecule has 0 amide bonds. The van der Waals surface area contributed by atoms with Crippen molar-refractivity contribution in [1.82, 2.24) is 5.32 Å². The number of nitrogens with one attached hydrogen (secondary N) is 1. The minimum atomic E-state index is -2.34. The third kappa shape index (κ3) is 7.27. The molecular weight excluding hydrogens is 294 g/mol. The van der Waals surface area contributed by atoms with Crippen molar-refractivity contribution in [3.63, 3.8) is 0 Å². The number of hydrogen-bond acceptors (Lipinski definition) is 6. The molecule has 0 aliphatic heterocycles. The minimum absolute atomic E-state index is 0.00559. The highest BCUT2D eigenvalue weighted by Gasteiger charge is 2.34. The molecule has 0 fully saturated rings. The van der Waals surface area contributed by atoms with Crippen LogP contribution in [0.1, 0.15) is 12.8 Å². The fourth-order valence-corrected chi connectivity index (χ4v) is 5.03. The first-order valence-corrected chi connectivity index (χ1v) is 11.8. The molecule has 0 bridgehead atoms. The summed E-state index contributed by atoms with van der Waals surface area (Å²) in [7, 11) is 2.40. The minimum Gasteiger partial charge on any atom is -0.398 e. The zero-order valence-corrected chi connectivity index (χ0v) is 15.5. The molecule has 0 rings (SSSR count). The fourth-order valence-electron chi connectivity index (χ4n) is 1.93. The van der Waals surface area contributed by atoms with Crippen LogP contribution in [-0.2, 0) is 17.7 Å². The summed E-state index contributed by atoms with van der Waals surface area (Å²) in [5.74, 6) is 0. The molecule has 0 spiro atoms. The van der Waals surface area contributed by atoms with Gasteiger partial charge in [-0.1, -0.05) is 0 Å². The Hall–Kier alpha value is 0.194. The summed E-state index contributed by atoms with van der Waals surface area (Å²) in [4.78, 5) is 0. The molecule has 0 radical (unpaired) electrons. The van der Waals surface area contributed by atoms with Crippen molar-refractivity contribution in [3.8, 4) is 0 Å². The lowest BCUT2D eigenvalue weighted by Crippen LogP contribution is -2.45. The summed E-state index contributed by atoms with van der Waals surface area (Å²) in [6.07, 6.45) is 1.99. The second-order valence-corrected chi connectivity index (χ2v) is 12.0. The lowest BCUT2D eigenvalue weighted by Gasteiger charge is -2.25. The number of hydrogen-bond donors (Lipinski definition) is 2. The smallest absolute Gasteiger partial charge is 0.364 e. The third-order valence-corrected chi connectivity index (χ3v) is 9.82. The Morgan fingerprint density at radius 1 is 0.850 bits per heavy atom. The van der Waals surface area contributed by atoms with Crippen molar-refractivity contribution >= 4 is 17.1 Å². The molecule has 20 heavy (non-hydrogen) atoms. The molecule has 2 N–H and O–H groups in total.